The molecule has 0 bridgehead atoms. The molecule has 0 unspecified atom stereocenters. The minimum absolute atomic E-state index is 0.145. The molecular weight excluding hydrogens is 223 g/mol. The van der Waals surface area contributed by atoms with Crippen molar-refractivity contribution in [2.45, 2.75) is 13.3 Å². The van der Waals surface area contributed by atoms with E-state index in [-0.39, 0.29) is 7.69 Å². The van der Waals surface area contributed by atoms with E-state index in [1.54, 1.807) is 0 Å². The topological polar surface area (TPSA) is 29.5 Å². The second-order valence-electron chi connectivity index (χ2n) is 3.77. The van der Waals surface area contributed by atoms with Gasteiger partial charge >= 0.3 is 7.69 Å². The Labute approximate surface area is 110 Å². The molecule has 0 heterocycles. The highest BCUT2D eigenvalue weighted by atomic mass is 16.5. The van der Waals surface area contributed by atoms with Crippen LogP contribution < -0.4 is 0 Å². The summed E-state index contributed by atoms with van der Waals surface area (Å²) in [6.45, 7) is 2.66. The predicted octanol–water partition coefficient (Wildman–Crippen LogP) is 3.03. The first-order valence-corrected chi connectivity index (χ1v) is 6.17. The first-order valence-electron chi connectivity index (χ1n) is 6.17. The largest absolute Gasteiger partial charge is 0.435 e. The number of hydrogen-bond donors (Lipinski definition) is 1. The lowest BCUT2D eigenvalue weighted by Gasteiger charge is -1.98. The Balaban J connectivity index is 0.000000232. The quantitative estimate of drug-likeness (QED) is 0.659. The van der Waals surface area contributed by atoms with Crippen LogP contribution >= 0.6 is 0 Å². The maximum atomic E-state index is 7.98. The normalized spacial score (nSPS) is 9.22. The van der Waals surface area contributed by atoms with Crippen LogP contribution in [-0.4, -0.2) is 19.3 Å². The third kappa shape index (κ3) is 5.66. The van der Waals surface area contributed by atoms with Crippen molar-refractivity contribution in [1.82, 2.24) is 0 Å². The van der Waals surface area contributed by atoms with Gasteiger partial charge in [-0.2, -0.15) is 0 Å². The molecule has 2 rings (SSSR count). The number of benzene rings is 2. The Morgan fingerprint density at radius 2 is 1.33 bits per heavy atom. The van der Waals surface area contributed by atoms with Crippen LogP contribution in [0.2, 0.25) is 0 Å². The zero-order chi connectivity index (χ0) is 13.1. The molecule has 18 heavy (non-hydrogen) atoms. The van der Waals surface area contributed by atoms with Crippen LogP contribution in [0.4, 0.5) is 0 Å². The van der Waals surface area contributed by atoms with E-state index in [9.17, 15) is 0 Å². The summed E-state index contributed by atoms with van der Waals surface area (Å²) in [5, 5.41) is 7.98. The van der Waals surface area contributed by atoms with Gasteiger partial charge in [0.05, 0.1) is 0 Å². The van der Waals surface area contributed by atoms with Crippen molar-refractivity contribution < 1.29 is 9.68 Å². The molecule has 2 aromatic carbocycles. The van der Waals surface area contributed by atoms with E-state index < -0.39 is 0 Å². The van der Waals surface area contributed by atoms with Crippen molar-refractivity contribution in [3.05, 3.63) is 60.7 Å². The fourth-order valence-electron chi connectivity index (χ4n) is 1.47. The third-order valence-electron chi connectivity index (χ3n) is 2.32. The van der Waals surface area contributed by atoms with E-state index in [0.717, 1.165) is 6.42 Å². The minimum atomic E-state index is -0.145. The Bertz CT molecular complexity index is 362. The van der Waals surface area contributed by atoms with E-state index in [2.05, 4.69) is 53.2 Å². The number of rotatable bonds is 4. The molecule has 3 heteroatoms. The molecule has 0 saturated carbocycles. The van der Waals surface area contributed by atoms with Gasteiger partial charge in [-0.05, 0) is 17.5 Å². The molecule has 1 N–H and O–H groups in total. The van der Waals surface area contributed by atoms with E-state index in [1.807, 2.05) is 19.1 Å². The van der Waals surface area contributed by atoms with Crippen LogP contribution in [0.1, 0.15) is 13.3 Å². The summed E-state index contributed by atoms with van der Waals surface area (Å²) < 4.78 is 4.54. The Morgan fingerprint density at radius 1 is 0.889 bits per heavy atom. The van der Waals surface area contributed by atoms with Gasteiger partial charge in [0.15, 0.2) is 0 Å². The van der Waals surface area contributed by atoms with Gasteiger partial charge in [0.1, 0.15) is 0 Å². The van der Waals surface area contributed by atoms with Crippen molar-refractivity contribution in [3.63, 3.8) is 0 Å². The summed E-state index contributed by atoms with van der Waals surface area (Å²) in [6, 6.07) is 20.8. The SMILES string of the molecule is CCCOBO.c1ccc(-c2ccccc2)cc1. The van der Waals surface area contributed by atoms with E-state index >= 15 is 0 Å². The lowest BCUT2D eigenvalue weighted by atomic mass is 10.1. The maximum Gasteiger partial charge on any atom is 0.435 e. The molecule has 0 amide bonds. The standard InChI is InChI=1S/C12H10.C3H9BO2/c1-3-7-11(8-4-1)12-9-5-2-6-10-12;1-2-3-6-4-5/h1-10H;4-5H,2-3H2,1H3. The van der Waals surface area contributed by atoms with Crippen LogP contribution in [0, 0.1) is 0 Å². The predicted molar refractivity (Wildman–Crippen MR) is 77.5 cm³/mol. The smallest absolute Gasteiger partial charge is 0.430 e. The first kappa shape index (κ1) is 14.5. The number of hydrogen-bond acceptors (Lipinski definition) is 2. The minimum Gasteiger partial charge on any atom is -0.430 e. The van der Waals surface area contributed by atoms with Crippen molar-refractivity contribution in [2.75, 3.05) is 6.61 Å². The molecule has 0 radical (unpaired) electrons. The van der Waals surface area contributed by atoms with Crippen LogP contribution in [-0.2, 0) is 4.65 Å². The maximum absolute atomic E-state index is 7.98. The second kappa shape index (κ2) is 9.45. The molecule has 0 fully saturated rings. The fourth-order valence-corrected chi connectivity index (χ4v) is 1.47. The summed E-state index contributed by atoms with van der Waals surface area (Å²) >= 11 is 0. The van der Waals surface area contributed by atoms with Crippen molar-refractivity contribution in [2.24, 2.45) is 0 Å². The molecule has 0 aromatic heterocycles. The molecule has 0 atom stereocenters. The van der Waals surface area contributed by atoms with E-state index in [0.29, 0.717) is 6.61 Å². The summed E-state index contributed by atoms with van der Waals surface area (Å²) in [5.41, 5.74) is 2.55. The van der Waals surface area contributed by atoms with Crippen LogP contribution in [0.5, 0.6) is 0 Å². The summed E-state index contributed by atoms with van der Waals surface area (Å²) in [5.74, 6) is 0. The van der Waals surface area contributed by atoms with Crippen molar-refractivity contribution >= 4 is 7.69 Å². The van der Waals surface area contributed by atoms with Gasteiger partial charge in [-0.3, -0.25) is 0 Å². The van der Waals surface area contributed by atoms with E-state index in [4.69, 9.17) is 5.02 Å². The lowest BCUT2D eigenvalue weighted by Crippen LogP contribution is -1.96. The van der Waals surface area contributed by atoms with Gasteiger partial charge in [0.2, 0.25) is 0 Å². The molecular formula is C15H19BO2. The first-order chi connectivity index (χ1) is 8.88. The molecule has 2 aromatic rings. The van der Waals surface area contributed by atoms with Gasteiger partial charge in [-0.15, -0.1) is 0 Å². The second-order valence-corrected chi connectivity index (χ2v) is 3.77. The molecule has 0 aliphatic heterocycles. The Kier molecular flexibility index (Phi) is 7.61. The highest BCUT2D eigenvalue weighted by Gasteiger charge is 1.91. The summed E-state index contributed by atoms with van der Waals surface area (Å²) in [7, 11) is -0.145. The molecule has 2 nitrogen and oxygen atoms in total. The Morgan fingerprint density at radius 3 is 1.61 bits per heavy atom. The van der Waals surface area contributed by atoms with Crippen molar-refractivity contribution in [3.8, 4) is 11.1 Å². The van der Waals surface area contributed by atoms with E-state index in [1.165, 1.54) is 11.1 Å². The van der Waals surface area contributed by atoms with Crippen molar-refractivity contribution in [1.29, 1.82) is 0 Å². The van der Waals surface area contributed by atoms with Gasteiger partial charge in [0.25, 0.3) is 0 Å². The van der Waals surface area contributed by atoms with Crippen LogP contribution in [0.3, 0.4) is 0 Å². The van der Waals surface area contributed by atoms with Gasteiger partial charge in [0, 0.05) is 6.61 Å². The average molecular weight is 242 g/mol. The molecule has 94 valence electrons. The van der Waals surface area contributed by atoms with Gasteiger partial charge in [-0.25, -0.2) is 0 Å². The third-order valence-corrected chi connectivity index (χ3v) is 2.32. The summed E-state index contributed by atoms with van der Waals surface area (Å²) in [6.07, 6.45) is 0.973. The fraction of sp³-hybridized carbons (Fsp3) is 0.200. The monoisotopic (exact) mass is 242 g/mol. The molecule has 0 saturated heterocycles. The van der Waals surface area contributed by atoms with Gasteiger partial charge in [-0.1, -0.05) is 67.6 Å². The molecule has 0 spiro atoms. The molecule has 0 aliphatic carbocycles. The highest BCUT2D eigenvalue weighted by molar-refractivity contribution is 6.15. The van der Waals surface area contributed by atoms with Gasteiger partial charge < -0.3 is 9.68 Å². The Hall–Kier alpha value is -1.58. The van der Waals surface area contributed by atoms with Crippen LogP contribution in [0.25, 0.3) is 11.1 Å². The zero-order valence-corrected chi connectivity index (χ0v) is 10.8. The van der Waals surface area contributed by atoms with Crippen LogP contribution in [0.15, 0.2) is 60.7 Å². The summed E-state index contributed by atoms with van der Waals surface area (Å²) in [4.78, 5) is 0. The zero-order valence-electron chi connectivity index (χ0n) is 10.8. The highest BCUT2D eigenvalue weighted by Crippen LogP contribution is 2.17. The molecule has 0 aliphatic rings. The lowest BCUT2D eigenvalue weighted by molar-refractivity contribution is 0.284. The average Bonchev–Trinajstić information content (AvgIpc) is 2.48.